The molecule has 3 aromatic rings. The first-order valence-corrected chi connectivity index (χ1v) is 8.06. The van der Waals surface area contributed by atoms with Crippen molar-refractivity contribution >= 4 is 33.1 Å². The van der Waals surface area contributed by atoms with Crippen molar-refractivity contribution in [3.63, 3.8) is 0 Å². The molecule has 7 heteroatoms. The minimum absolute atomic E-state index is 0.115. The number of nitrogens with zero attached hydrogens (tertiary/aromatic N) is 3. The monoisotopic (exact) mass is 338 g/mol. The summed E-state index contributed by atoms with van der Waals surface area (Å²) >= 11 is 1.48. The molecule has 24 heavy (non-hydrogen) atoms. The summed E-state index contributed by atoms with van der Waals surface area (Å²) in [7, 11) is 0. The molecule has 6 nitrogen and oxygen atoms in total. The fourth-order valence-electron chi connectivity index (χ4n) is 2.37. The molecule has 0 saturated heterocycles. The quantitative estimate of drug-likeness (QED) is 0.795. The molecule has 0 aliphatic carbocycles. The van der Waals surface area contributed by atoms with Gasteiger partial charge in [0.15, 0.2) is 0 Å². The van der Waals surface area contributed by atoms with E-state index in [1.54, 1.807) is 24.3 Å². The van der Waals surface area contributed by atoms with Gasteiger partial charge in [-0.25, -0.2) is 4.98 Å². The molecular weight excluding hydrogens is 324 g/mol. The van der Waals surface area contributed by atoms with Crippen molar-refractivity contribution in [1.82, 2.24) is 9.55 Å². The molecule has 0 bridgehead atoms. The number of anilines is 1. The van der Waals surface area contributed by atoms with Crippen LogP contribution in [-0.4, -0.2) is 15.5 Å². The third-order valence-corrected chi connectivity index (χ3v) is 4.88. The number of benzene rings is 1. The first kappa shape index (κ1) is 15.9. The standard InChI is InChI=1S/C17H14N4O2S/c1-10-11(2)24-16-15(10)17(23)21(9-19-16)8-14(22)20-13-5-3-12(7-18)4-6-13/h3-6,9H,8H2,1-2H3,(H,20,22). The van der Waals surface area contributed by atoms with Crippen LogP contribution in [0.3, 0.4) is 0 Å². The zero-order chi connectivity index (χ0) is 17.3. The van der Waals surface area contributed by atoms with E-state index in [1.807, 2.05) is 19.9 Å². The van der Waals surface area contributed by atoms with E-state index in [-0.39, 0.29) is 18.0 Å². The Balaban J connectivity index is 1.82. The molecule has 0 aliphatic rings. The summed E-state index contributed by atoms with van der Waals surface area (Å²) in [6.45, 7) is 3.72. The summed E-state index contributed by atoms with van der Waals surface area (Å²) in [6.07, 6.45) is 1.40. The van der Waals surface area contributed by atoms with Crippen molar-refractivity contribution in [3.05, 3.63) is 57.0 Å². The fraction of sp³-hybridized carbons (Fsp3) is 0.176. The highest BCUT2D eigenvalue weighted by Crippen LogP contribution is 2.25. The Morgan fingerprint density at radius 2 is 2.04 bits per heavy atom. The van der Waals surface area contributed by atoms with Crippen LogP contribution in [0.2, 0.25) is 0 Å². The Kier molecular flexibility index (Phi) is 4.15. The van der Waals surface area contributed by atoms with Gasteiger partial charge in [-0.3, -0.25) is 14.2 Å². The number of hydrogen-bond donors (Lipinski definition) is 1. The Labute approximate surface area is 142 Å². The van der Waals surface area contributed by atoms with Crippen LogP contribution in [0.25, 0.3) is 10.2 Å². The lowest BCUT2D eigenvalue weighted by Gasteiger charge is -2.07. The molecule has 2 aromatic heterocycles. The normalized spacial score (nSPS) is 10.5. The number of thiophene rings is 1. The Morgan fingerprint density at radius 3 is 2.71 bits per heavy atom. The number of amides is 1. The zero-order valence-corrected chi connectivity index (χ0v) is 14.0. The first-order valence-electron chi connectivity index (χ1n) is 7.24. The predicted octanol–water partition coefficient (Wildman–Crippen LogP) is 2.59. The molecule has 0 saturated carbocycles. The van der Waals surface area contributed by atoms with Gasteiger partial charge in [-0.15, -0.1) is 11.3 Å². The van der Waals surface area contributed by atoms with E-state index < -0.39 is 0 Å². The molecule has 3 rings (SSSR count). The van der Waals surface area contributed by atoms with Gasteiger partial charge in [0, 0.05) is 10.6 Å². The smallest absolute Gasteiger partial charge is 0.262 e. The number of nitrogens with one attached hydrogen (secondary N) is 1. The van der Waals surface area contributed by atoms with Crippen LogP contribution in [0.1, 0.15) is 16.0 Å². The van der Waals surface area contributed by atoms with Gasteiger partial charge in [0.2, 0.25) is 5.91 Å². The summed E-state index contributed by atoms with van der Waals surface area (Å²) < 4.78 is 1.31. The molecule has 0 spiro atoms. The lowest BCUT2D eigenvalue weighted by atomic mass is 10.2. The van der Waals surface area contributed by atoms with E-state index in [1.165, 1.54) is 22.2 Å². The number of carbonyl (C=O) groups excluding carboxylic acids is 1. The van der Waals surface area contributed by atoms with Gasteiger partial charge in [-0.1, -0.05) is 0 Å². The average molecular weight is 338 g/mol. The van der Waals surface area contributed by atoms with Crippen molar-refractivity contribution in [2.45, 2.75) is 20.4 Å². The van der Waals surface area contributed by atoms with Gasteiger partial charge in [0.1, 0.15) is 11.4 Å². The maximum absolute atomic E-state index is 12.5. The zero-order valence-electron chi connectivity index (χ0n) is 13.2. The van der Waals surface area contributed by atoms with Crippen LogP contribution in [0.5, 0.6) is 0 Å². The topological polar surface area (TPSA) is 87.8 Å². The third kappa shape index (κ3) is 2.92. The molecule has 2 heterocycles. The maximum Gasteiger partial charge on any atom is 0.262 e. The summed E-state index contributed by atoms with van der Waals surface area (Å²) in [5.74, 6) is -0.326. The van der Waals surface area contributed by atoms with E-state index in [2.05, 4.69) is 10.3 Å². The van der Waals surface area contributed by atoms with Crippen LogP contribution >= 0.6 is 11.3 Å². The number of aryl methyl sites for hydroxylation is 2. The Bertz CT molecular complexity index is 1030. The Hall–Kier alpha value is -2.98. The van der Waals surface area contributed by atoms with Gasteiger partial charge in [-0.05, 0) is 43.7 Å². The number of hydrogen-bond acceptors (Lipinski definition) is 5. The molecule has 0 radical (unpaired) electrons. The second kappa shape index (κ2) is 6.26. The maximum atomic E-state index is 12.5. The number of aromatic nitrogens is 2. The highest BCUT2D eigenvalue weighted by molar-refractivity contribution is 7.18. The molecule has 0 atom stereocenters. The van der Waals surface area contributed by atoms with E-state index in [0.717, 1.165) is 10.4 Å². The summed E-state index contributed by atoms with van der Waals surface area (Å²) in [6, 6.07) is 8.54. The third-order valence-electron chi connectivity index (χ3n) is 3.77. The Morgan fingerprint density at radius 1 is 1.33 bits per heavy atom. The van der Waals surface area contributed by atoms with Crippen molar-refractivity contribution in [2.24, 2.45) is 0 Å². The van der Waals surface area contributed by atoms with Gasteiger partial charge >= 0.3 is 0 Å². The van der Waals surface area contributed by atoms with Crippen molar-refractivity contribution in [2.75, 3.05) is 5.32 Å². The highest BCUT2D eigenvalue weighted by Gasteiger charge is 2.13. The molecule has 0 aliphatic heterocycles. The van der Waals surface area contributed by atoms with Crippen LogP contribution < -0.4 is 10.9 Å². The van der Waals surface area contributed by atoms with Crippen LogP contribution in [0.15, 0.2) is 35.4 Å². The van der Waals surface area contributed by atoms with Gasteiger partial charge in [0.05, 0.1) is 23.3 Å². The van der Waals surface area contributed by atoms with Gasteiger partial charge < -0.3 is 5.32 Å². The molecule has 0 unspecified atom stereocenters. The average Bonchev–Trinajstić information content (AvgIpc) is 2.86. The molecular formula is C17H14N4O2S. The highest BCUT2D eigenvalue weighted by atomic mass is 32.1. The minimum Gasteiger partial charge on any atom is -0.325 e. The number of fused-ring (bicyclic) bond motifs is 1. The number of nitriles is 1. The molecule has 1 aromatic carbocycles. The summed E-state index contributed by atoms with van der Waals surface area (Å²) in [4.78, 5) is 30.7. The molecule has 120 valence electrons. The van der Waals surface area contributed by atoms with E-state index >= 15 is 0 Å². The van der Waals surface area contributed by atoms with Crippen LogP contribution in [0.4, 0.5) is 5.69 Å². The van der Waals surface area contributed by atoms with Crippen molar-refractivity contribution in [3.8, 4) is 6.07 Å². The largest absolute Gasteiger partial charge is 0.325 e. The summed E-state index contributed by atoms with van der Waals surface area (Å²) in [5.41, 5.74) is 1.79. The van der Waals surface area contributed by atoms with Crippen LogP contribution in [0, 0.1) is 25.2 Å². The van der Waals surface area contributed by atoms with E-state index in [9.17, 15) is 9.59 Å². The summed E-state index contributed by atoms with van der Waals surface area (Å²) in [5, 5.41) is 12.0. The van der Waals surface area contributed by atoms with Crippen LogP contribution in [-0.2, 0) is 11.3 Å². The second-order valence-corrected chi connectivity index (χ2v) is 6.58. The van der Waals surface area contributed by atoms with Crippen molar-refractivity contribution in [1.29, 1.82) is 5.26 Å². The SMILES string of the molecule is Cc1sc2ncn(CC(=O)Nc3ccc(C#N)cc3)c(=O)c2c1C. The number of rotatable bonds is 3. The fourth-order valence-corrected chi connectivity index (χ4v) is 3.35. The molecule has 0 fully saturated rings. The second-order valence-electron chi connectivity index (χ2n) is 5.38. The number of carbonyl (C=O) groups is 1. The van der Waals surface area contributed by atoms with Gasteiger partial charge in [-0.2, -0.15) is 5.26 Å². The first-order chi connectivity index (χ1) is 11.5. The lowest BCUT2D eigenvalue weighted by Crippen LogP contribution is -2.27. The molecule has 1 N–H and O–H groups in total. The lowest BCUT2D eigenvalue weighted by molar-refractivity contribution is -0.116. The van der Waals surface area contributed by atoms with Crippen molar-refractivity contribution < 1.29 is 4.79 Å². The van der Waals surface area contributed by atoms with E-state index in [0.29, 0.717) is 21.5 Å². The predicted molar refractivity (Wildman–Crippen MR) is 93.1 cm³/mol. The van der Waals surface area contributed by atoms with Gasteiger partial charge in [0.25, 0.3) is 5.56 Å². The molecule has 1 amide bonds. The minimum atomic E-state index is -0.326. The van der Waals surface area contributed by atoms with E-state index in [4.69, 9.17) is 5.26 Å².